The Morgan fingerprint density at radius 2 is 2.21 bits per heavy atom. The molecule has 0 unspecified atom stereocenters. The van der Waals surface area contributed by atoms with Gasteiger partial charge in [0.2, 0.25) is 11.8 Å². The molecule has 1 aliphatic rings. The van der Waals surface area contributed by atoms with Crippen molar-refractivity contribution in [1.29, 1.82) is 0 Å². The highest BCUT2D eigenvalue weighted by atomic mass is 19.3. The highest BCUT2D eigenvalue weighted by Crippen LogP contribution is 2.33. The number of rotatable bonds is 9. The molecule has 0 amide bonds. The molecule has 3 heterocycles. The first-order chi connectivity index (χ1) is 17.2. The molecule has 33 heavy (non-hydrogen) atoms. The number of nitrogens with zero attached hydrogens (tertiary/aromatic N) is 6. The Morgan fingerprint density at radius 1 is 1.33 bits per heavy atom. The van der Waals surface area contributed by atoms with Crippen molar-refractivity contribution in [2.75, 3.05) is 25.6 Å². The minimum atomic E-state index is -2.77. The van der Waals surface area contributed by atoms with Crippen LogP contribution >= 0.6 is 0 Å². The number of fused-ring (bicyclic) bond motifs is 2. The van der Waals surface area contributed by atoms with Crippen LogP contribution in [0.3, 0.4) is 0 Å². The summed E-state index contributed by atoms with van der Waals surface area (Å²) in [5, 5.41) is 24.2. The maximum atomic E-state index is 13.0. The summed E-state index contributed by atoms with van der Waals surface area (Å²) >= 11 is 0. The fourth-order valence-corrected chi connectivity index (χ4v) is 3.98. The molecule has 1 aromatic carbocycles. The Bertz CT molecular complexity index is 1370. The molecule has 4 aromatic rings. The number of benzene rings is 1. The lowest BCUT2D eigenvalue weighted by atomic mass is 9.89. The first-order valence-corrected chi connectivity index (χ1v) is 10.4. The monoisotopic (exact) mass is 462 g/mol. The number of aliphatic hydroxyl groups excluding tert-OH is 1. The van der Waals surface area contributed by atoms with Crippen molar-refractivity contribution < 1.29 is 27.5 Å². The second-order valence-electron chi connectivity index (χ2n) is 7.76. The van der Waals surface area contributed by atoms with Crippen molar-refractivity contribution in [3.8, 4) is 17.0 Å². The van der Waals surface area contributed by atoms with E-state index in [2.05, 4.69) is 25.7 Å². The molecule has 174 valence electrons. The van der Waals surface area contributed by atoms with Gasteiger partial charge in [0, 0.05) is 17.8 Å². The highest BCUT2D eigenvalue weighted by molar-refractivity contribution is 5.89. The number of methoxy groups -OCH3 is 1. The molecule has 0 atom stereocenters. The minimum Gasteiger partial charge on any atom is -0.479 e. The lowest BCUT2D eigenvalue weighted by molar-refractivity contribution is -0.0196. The molecular weight excluding hydrogens is 436 g/mol. The number of ether oxygens (including phenoxy) is 2. The van der Waals surface area contributed by atoms with Gasteiger partial charge >= 0.3 is 0 Å². The van der Waals surface area contributed by atoms with Crippen molar-refractivity contribution in [2.45, 2.75) is 38.0 Å². The van der Waals surface area contributed by atoms with Crippen molar-refractivity contribution in [2.24, 2.45) is 0 Å². The van der Waals surface area contributed by atoms with E-state index in [0.717, 1.165) is 4.68 Å². The fourth-order valence-electron chi connectivity index (χ4n) is 3.98. The molecule has 1 saturated carbocycles. The second kappa shape index (κ2) is 8.87. The molecule has 10 nitrogen and oxygen atoms in total. The van der Waals surface area contributed by atoms with Crippen molar-refractivity contribution in [3.63, 3.8) is 0 Å². The number of hydrogen-bond donors (Lipinski definition) is 2. The van der Waals surface area contributed by atoms with E-state index in [-0.39, 0.29) is 37.2 Å². The maximum absolute atomic E-state index is 13.0. The predicted octanol–water partition coefficient (Wildman–Crippen LogP) is 2.37. The molecule has 12 heteroatoms. The van der Waals surface area contributed by atoms with E-state index in [0.29, 0.717) is 40.5 Å². The van der Waals surface area contributed by atoms with Crippen molar-refractivity contribution in [1.82, 2.24) is 29.6 Å². The zero-order valence-corrected chi connectivity index (χ0v) is 17.4. The van der Waals surface area contributed by atoms with Crippen LogP contribution in [0.4, 0.5) is 14.7 Å². The first kappa shape index (κ1) is 18.1. The smallest absolute Gasteiger partial charge is 0.258 e. The van der Waals surface area contributed by atoms with Crippen LogP contribution in [-0.4, -0.2) is 73.5 Å². The lowest BCUT2D eigenvalue weighted by Gasteiger charge is -2.35. The predicted molar refractivity (Wildman–Crippen MR) is 116 cm³/mol. The third kappa shape index (κ3) is 4.18. The molecule has 1 aliphatic carbocycles. The Balaban J connectivity index is 1.49. The topological polar surface area (TPSA) is 112 Å². The van der Waals surface area contributed by atoms with Gasteiger partial charge in [0.05, 0.1) is 36.0 Å². The SMILES string of the molecule is [2H]C([2H])([2H])Oc1nc(NC2CC(OCCO)C2)nn2ccc(-c3ccc4nnn(CC(F)F)c4c3)c12. The van der Waals surface area contributed by atoms with Gasteiger partial charge in [-0.25, -0.2) is 18.0 Å². The van der Waals surface area contributed by atoms with Crippen molar-refractivity contribution >= 4 is 22.5 Å². The van der Waals surface area contributed by atoms with Gasteiger partial charge in [-0.2, -0.15) is 4.98 Å². The number of nitrogens with one attached hydrogen (secondary N) is 1. The van der Waals surface area contributed by atoms with Gasteiger partial charge in [0.15, 0.2) is 0 Å². The number of alkyl halides is 2. The zero-order chi connectivity index (χ0) is 25.4. The molecule has 2 N–H and O–H groups in total. The standard InChI is InChI=1S/C21H23F2N7O3/c1-32-20-19-15(12-2-3-16-17(8-12)30(28-26-16)11-18(22)23)4-5-29(19)27-21(25-20)24-13-9-14(10-13)33-7-6-31/h2-5,8,13-14,18,31H,6-7,9-11H2,1H3,(H,24,27)/i1D3. The third-order valence-corrected chi connectivity index (χ3v) is 5.58. The normalized spacial score (nSPS) is 19.9. The average molecular weight is 462 g/mol. The van der Waals surface area contributed by atoms with E-state index in [1.165, 1.54) is 4.52 Å². The van der Waals surface area contributed by atoms with Crippen LogP contribution in [0.1, 0.15) is 17.0 Å². The van der Waals surface area contributed by atoms with Gasteiger partial charge in [-0.3, -0.25) is 0 Å². The van der Waals surface area contributed by atoms with Crippen LogP contribution < -0.4 is 10.1 Å². The average Bonchev–Trinajstić information content (AvgIpc) is 3.38. The summed E-state index contributed by atoms with van der Waals surface area (Å²) in [7, 11) is -2.77. The largest absolute Gasteiger partial charge is 0.479 e. The van der Waals surface area contributed by atoms with Gasteiger partial charge in [-0.1, -0.05) is 11.3 Å². The Hall–Kier alpha value is -3.38. The molecule has 5 rings (SSSR count). The molecule has 3 aromatic heterocycles. The van der Waals surface area contributed by atoms with E-state index in [9.17, 15) is 8.78 Å². The number of anilines is 1. The quantitative estimate of drug-likeness (QED) is 0.390. The van der Waals surface area contributed by atoms with Crippen LogP contribution in [0, 0.1) is 0 Å². The van der Waals surface area contributed by atoms with Crippen molar-refractivity contribution in [3.05, 3.63) is 30.5 Å². The van der Waals surface area contributed by atoms with Crippen LogP contribution in [0.15, 0.2) is 30.5 Å². The van der Waals surface area contributed by atoms with Crippen LogP contribution in [-0.2, 0) is 11.3 Å². The van der Waals surface area contributed by atoms with Crippen LogP contribution in [0.2, 0.25) is 0 Å². The number of aromatic nitrogens is 6. The lowest BCUT2D eigenvalue weighted by Crippen LogP contribution is -2.41. The van der Waals surface area contributed by atoms with Crippen LogP contribution in [0.25, 0.3) is 27.7 Å². The summed E-state index contributed by atoms with van der Waals surface area (Å²) in [5.74, 6) is 0.0309. The summed E-state index contributed by atoms with van der Waals surface area (Å²) in [6.07, 6.45) is 0.441. The third-order valence-electron chi connectivity index (χ3n) is 5.58. The molecule has 0 spiro atoms. The Labute approximate surface area is 191 Å². The van der Waals surface area contributed by atoms with Gasteiger partial charge in [0.1, 0.15) is 17.6 Å². The van der Waals surface area contributed by atoms with E-state index in [1.54, 1.807) is 30.5 Å². The summed E-state index contributed by atoms with van der Waals surface area (Å²) in [6.45, 7) is -0.374. The summed E-state index contributed by atoms with van der Waals surface area (Å²) in [6, 6.07) is 6.76. The molecule has 0 radical (unpaired) electrons. The van der Waals surface area contributed by atoms with E-state index in [1.807, 2.05) is 0 Å². The van der Waals surface area contributed by atoms with Gasteiger partial charge in [0.25, 0.3) is 6.43 Å². The molecule has 0 bridgehead atoms. The zero-order valence-electron chi connectivity index (χ0n) is 20.4. The first-order valence-electron chi connectivity index (χ1n) is 11.9. The summed E-state index contributed by atoms with van der Waals surface area (Å²) < 4.78 is 62.0. The maximum Gasteiger partial charge on any atom is 0.258 e. The minimum absolute atomic E-state index is 0.0202. The van der Waals surface area contributed by atoms with E-state index >= 15 is 0 Å². The number of aliphatic hydroxyl groups is 1. The summed E-state index contributed by atoms with van der Waals surface area (Å²) in [5.41, 5.74) is 2.32. The second-order valence-corrected chi connectivity index (χ2v) is 7.76. The van der Waals surface area contributed by atoms with Gasteiger partial charge in [-0.05, 0) is 36.6 Å². The molecule has 0 aliphatic heterocycles. The van der Waals surface area contributed by atoms with E-state index in [4.69, 9.17) is 18.7 Å². The number of hydrogen-bond acceptors (Lipinski definition) is 8. The Kier molecular flexibility index (Phi) is 4.86. The molecule has 1 fully saturated rings. The number of halogens is 2. The summed E-state index contributed by atoms with van der Waals surface area (Å²) in [4.78, 5) is 4.33. The highest BCUT2D eigenvalue weighted by Gasteiger charge is 2.30. The van der Waals surface area contributed by atoms with Gasteiger partial charge < -0.3 is 19.9 Å². The fraction of sp³-hybridized carbons (Fsp3) is 0.429. The molecular formula is C21H23F2N7O3. The van der Waals surface area contributed by atoms with Crippen LogP contribution in [0.5, 0.6) is 5.88 Å². The Morgan fingerprint density at radius 3 is 3.00 bits per heavy atom. The molecule has 0 saturated heterocycles. The van der Waals surface area contributed by atoms with E-state index < -0.39 is 20.0 Å². The van der Waals surface area contributed by atoms with Gasteiger partial charge in [-0.15, -0.1) is 10.2 Å².